The van der Waals surface area contributed by atoms with E-state index in [-0.39, 0.29) is 17.2 Å². The highest BCUT2D eigenvalue weighted by Crippen LogP contribution is 2.34. The van der Waals surface area contributed by atoms with Crippen molar-refractivity contribution in [1.29, 1.82) is 0 Å². The van der Waals surface area contributed by atoms with E-state index in [9.17, 15) is 9.18 Å². The van der Waals surface area contributed by atoms with Crippen LogP contribution >= 0.6 is 0 Å². The second-order valence-electron chi connectivity index (χ2n) is 6.89. The van der Waals surface area contributed by atoms with Crippen molar-refractivity contribution in [3.05, 3.63) is 59.5 Å². The Morgan fingerprint density at radius 2 is 2.08 bits per heavy atom. The summed E-state index contributed by atoms with van der Waals surface area (Å²) in [4.78, 5) is 10.8. The van der Waals surface area contributed by atoms with Gasteiger partial charge in [-0.15, -0.1) is 0 Å². The first-order valence-corrected chi connectivity index (χ1v) is 8.78. The first kappa shape index (κ1) is 21.7. The van der Waals surface area contributed by atoms with Gasteiger partial charge in [0.25, 0.3) is 0 Å². The van der Waals surface area contributed by atoms with E-state index in [1.54, 1.807) is 13.0 Å². The fourth-order valence-electron chi connectivity index (χ4n) is 2.59. The second-order valence-corrected chi connectivity index (χ2v) is 6.89. The van der Waals surface area contributed by atoms with Crippen molar-refractivity contribution >= 4 is 11.5 Å². The molecule has 3 nitrogen and oxygen atoms in total. The SMILES string of the molecule is C/C=C/C(C)=C/C(=O)OCC.CC1=CC(C)(C)COc2ccc(F)cc21. The third kappa shape index (κ3) is 7.26. The highest BCUT2D eigenvalue weighted by Gasteiger charge is 2.22. The number of hydrogen-bond acceptors (Lipinski definition) is 3. The summed E-state index contributed by atoms with van der Waals surface area (Å²) in [6, 6.07) is 4.66. The normalized spacial score (nSPS) is 15.8. The zero-order chi connectivity index (χ0) is 19.7. The van der Waals surface area contributed by atoms with Crippen LogP contribution in [0.1, 0.15) is 47.1 Å². The molecule has 26 heavy (non-hydrogen) atoms. The van der Waals surface area contributed by atoms with E-state index < -0.39 is 0 Å². The fraction of sp³-hybridized carbons (Fsp3) is 0.409. The van der Waals surface area contributed by atoms with Crippen molar-refractivity contribution in [2.45, 2.75) is 41.5 Å². The van der Waals surface area contributed by atoms with Crippen LogP contribution in [0.3, 0.4) is 0 Å². The lowest BCUT2D eigenvalue weighted by atomic mass is 9.91. The van der Waals surface area contributed by atoms with E-state index in [1.165, 1.54) is 18.2 Å². The van der Waals surface area contributed by atoms with Gasteiger partial charge in [-0.2, -0.15) is 0 Å². The Bertz CT molecular complexity index is 712. The lowest BCUT2D eigenvalue weighted by molar-refractivity contribution is -0.137. The Morgan fingerprint density at radius 1 is 1.38 bits per heavy atom. The molecule has 142 valence electrons. The molecule has 0 aromatic heterocycles. The molecule has 2 rings (SSSR count). The van der Waals surface area contributed by atoms with Gasteiger partial charge in [-0.25, -0.2) is 9.18 Å². The molecule has 0 aliphatic carbocycles. The van der Waals surface area contributed by atoms with Gasteiger partial charge in [0.1, 0.15) is 11.6 Å². The highest BCUT2D eigenvalue weighted by atomic mass is 19.1. The maximum Gasteiger partial charge on any atom is 0.330 e. The molecular weight excluding hydrogens is 331 g/mol. The highest BCUT2D eigenvalue weighted by molar-refractivity contribution is 5.83. The lowest BCUT2D eigenvalue weighted by Gasteiger charge is -2.18. The molecule has 1 aromatic rings. The molecule has 0 bridgehead atoms. The van der Waals surface area contributed by atoms with Crippen molar-refractivity contribution in [3.63, 3.8) is 0 Å². The van der Waals surface area contributed by atoms with Crippen LogP contribution < -0.4 is 4.74 Å². The smallest absolute Gasteiger partial charge is 0.330 e. The van der Waals surface area contributed by atoms with Gasteiger partial charge in [0, 0.05) is 17.1 Å². The number of halogens is 1. The zero-order valence-electron chi connectivity index (χ0n) is 16.6. The third-order valence-corrected chi connectivity index (χ3v) is 3.64. The van der Waals surface area contributed by atoms with Crippen LogP contribution in [0, 0.1) is 11.2 Å². The van der Waals surface area contributed by atoms with Gasteiger partial charge < -0.3 is 9.47 Å². The molecule has 0 fully saturated rings. The molecule has 1 aliphatic rings. The Kier molecular flexibility index (Phi) is 8.30. The van der Waals surface area contributed by atoms with E-state index in [0.717, 1.165) is 22.5 Å². The van der Waals surface area contributed by atoms with Crippen LogP contribution in [0.5, 0.6) is 5.75 Å². The number of allylic oxidation sites excluding steroid dienone is 4. The molecule has 0 unspecified atom stereocenters. The molecule has 1 heterocycles. The quantitative estimate of drug-likeness (QED) is 0.393. The molecule has 0 saturated heterocycles. The van der Waals surface area contributed by atoms with Crippen LogP contribution in [0.4, 0.5) is 4.39 Å². The van der Waals surface area contributed by atoms with Crippen molar-refractivity contribution in [3.8, 4) is 5.75 Å². The number of carbonyl (C=O) groups excluding carboxylic acids is 1. The van der Waals surface area contributed by atoms with Gasteiger partial charge in [0.2, 0.25) is 0 Å². The van der Waals surface area contributed by atoms with E-state index >= 15 is 0 Å². The average molecular weight is 360 g/mol. The third-order valence-electron chi connectivity index (χ3n) is 3.64. The number of rotatable bonds is 3. The summed E-state index contributed by atoms with van der Waals surface area (Å²) in [7, 11) is 0. The second kappa shape index (κ2) is 9.95. The van der Waals surface area contributed by atoms with Crippen LogP contribution in [0.25, 0.3) is 5.57 Å². The van der Waals surface area contributed by atoms with Gasteiger partial charge in [-0.3, -0.25) is 0 Å². The number of fused-ring (bicyclic) bond motifs is 1. The standard InChI is InChI=1S/C13H15FO.C9H14O2/c1-9-7-13(2,3)8-15-12-5-4-10(14)6-11(9)12;1-4-6-8(3)7-9(10)11-5-2/h4-7H,8H2,1-3H3;4,6-7H,5H2,1-3H3/b;6-4+,8-7+. The van der Waals surface area contributed by atoms with Crippen molar-refractivity contribution in [2.75, 3.05) is 13.2 Å². The zero-order valence-corrected chi connectivity index (χ0v) is 16.6. The first-order valence-electron chi connectivity index (χ1n) is 8.78. The van der Waals surface area contributed by atoms with Gasteiger partial charge in [-0.05, 0) is 57.0 Å². The van der Waals surface area contributed by atoms with E-state index in [1.807, 2.05) is 32.9 Å². The summed E-state index contributed by atoms with van der Waals surface area (Å²) in [6.45, 7) is 12.8. The summed E-state index contributed by atoms with van der Waals surface area (Å²) < 4.78 is 23.5. The number of hydrogen-bond donors (Lipinski definition) is 0. The molecule has 4 heteroatoms. The van der Waals surface area contributed by atoms with Crippen LogP contribution in [-0.2, 0) is 9.53 Å². The first-order chi connectivity index (χ1) is 12.2. The van der Waals surface area contributed by atoms with Gasteiger partial charge in [0.15, 0.2) is 0 Å². The topological polar surface area (TPSA) is 35.5 Å². The molecular formula is C22H29FO3. The Hall–Kier alpha value is -2.36. The van der Waals surface area contributed by atoms with Crippen LogP contribution in [-0.4, -0.2) is 19.2 Å². The van der Waals surface area contributed by atoms with E-state index in [0.29, 0.717) is 13.2 Å². The fourth-order valence-corrected chi connectivity index (χ4v) is 2.59. The molecule has 0 spiro atoms. The molecule has 1 aromatic carbocycles. The predicted octanol–water partition coefficient (Wildman–Crippen LogP) is 5.72. The monoisotopic (exact) mass is 360 g/mol. The summed E-state index contributed by atoms with van der Waals surface area (Å²) in [5.41, 5.74) is 2.85. The molecule has 0 radical (unpaired) electrons. The predicted molar refractivity (Wildman–Crippen MR) is 105 cm³/mol. The van der Waals surface area contributed by atoms with E-state index in [2.05, 4.69) is 19.9 Å². The van der Waals surface area contributed by atoms with Gasteiger partial charge in [0.05, 0.1) is 13.2 Å². The molecule has 0 atom stereocenters. The number of benzene rings is 1. The molecule has 1 aliphatic heterocycles. The maximum absolute atomic E-state index is 13.1. The Labute approximate surface area is 156 Å². The van der Waals surface area contributed by atoms with Crippen molar-refractivity contribution in [1.82, 2.24) is 0 Å². The maximum atomic E-state index is 13.1. The van der Waals surface area contributed by atoms with Crippen LogP contribution in [0.15, 0.2) is 48.1 Å². The van der Waals surface area contributed by atoms with E-state index in [4.69, 9.17) is 9.47 Å². The van der Waals surface area contributed by atoms with Crippen molar-refractivity contribution in [2.24, 2.45) is 5.41 Å². The Balaban J connectivity index is 0.000000276. The Morgan fingerprint density at radius 3 is 2.69 bits per heavy atom. The minimum Gasteiger partial charge on any atom is -0.492 e. The number of carbonyl (C=O) groups is 1. The van der Waals surface area contributed by atoms with Crippen LogP contribution in [0.2, 0.25) is 0 Å². The van der Waals surface area contributed by atoms with Gasteiger partial charge in [-0.1, -0.05) is 32.1 Å². The summed E-state index contributed by atoms with van der Waals surface area (Å²) >= 11 is 0. The minimum atomic E-state index is -0.275. The average Bonchev–Trinajstić information content (AvgIpc) is 2.64. The lowest BCUT2D eigenvalue weighted by Crippen LogP contribution is -2.17. The summed E-state index contributed by atoms with van der Waals surface area (Å²) in [5, 5.41) is 0. The van der Waals surface area contributed by atoms with Crippen molar-refractivity contribution < 1.29 is 18.7 Å². The molecule has 0 saturated carbocycles. The minimum absolute atomic E-state index is 0.000417. The number of esters is 1. The number of ether oxygens (including phenoxy) is 2. The summed E-state index contributed by atoms with van der Waals surface area (Å²) in [6.07, 6.45) is 7.35. The molecule has 0 N–H and O–H groups in total. The largest absolute Gasteiger partial charge is 0.492 e. The van der Waals surface area contributed by atoms with Gasteiger partial charge >= 0.3 is 5.97 Å². The summed E-state index contributed by atoms with van der Waals surface area (Å²) in [5.74, 6) is 0.281. The molecule has 0 amide bonds.